The van der Waals surface area contributed by atoms with Gasteiger partial charge in [0.1, 0.15) is 4.90 Å². The molecule has 0 spiro atoms. The Balaban J connectivity index is 3.08. The van der Waals surface area contributed by atoms with Crippen molar-refractivity contribution in [1.82, 2.24) is 4.72 Å². The standard InChI is InChI=1S/C12H21N3O3S/c1-4-12(2,8-16)15-9-5-6-11(10(13)7-9)19(17,18)14-3/h5-7,14-16H,4,8,13H2,1-3H3. The fraction of sp³-hybridized carbons (Fsp3) is 0.500. The second kappa shape index (κ2) is 5.77. The zero-order chi connectivity index (χ0) is 14.7. The van der Waals surface area contributed by atoms with E-state index in [2.05, 4.69) is 10.0 Å². The number of nitrogens with two attached hydrogens (primary N) is 1. The molecule has 0 saturated heterocycles. The summed E-state index contributed by atoms with van der Waals surface area (Å²) in [6.45, 7) is 3.80. The summed E-state index contributed by atoms with van der Waals surface area (Å²) >= 11 is 0. The van der Waals surface area contributed by atoms with Gasteiger partial charge in [-0.15, -0.1) is 0 Å². The summed E-state index contributed by atoms with van der Waals surface area (Å²) in [6.07, 6.45) is 0.722. The van der Waals surface area contributed by atoms with E-state index in [4.69, 9.17) is 5.73 Å². The lowest BCUT2D eigenvalue weighted by atomic mass is 10.00. The second-order valence-electron chi connectivity index (χ2n) is 4.66. The molecule has 0 aliphatic heterocycles. The van der Waals surface area contributed by atoms with E-state index in [0.29, 0.717) is 5.69 Å². The van der Waals surface area contributed by atoms with Gasteiger partial charge < -0.3 is 16.2 Å². The van der Waals surface area contributed by atoms with Gasteiger partial charge in [0.15, 0.2) is 0 Å². The van der Waals surface area contributed by atoms with Crippen LogP contribution in [0.3, 0.4) is 0 Å². The first-order chi connectivity index (χ1) is 8.78. The maximum atomic E-state index is 11.7. The summed E-state index contributed by atoms with van der Waals surface area (Å²) < 4.78 is 25.6. The van der Waals surface area contributed by atoms with Crippen molar-refractivity contribution in [2.75, 3.05) is 24.7 Å². The zero-order valence-corrected chi connectivity index (χ0v) is 12.2. The van der Waals surface area contributed by atoms with E-state index >= 15 is 0 Å². The molecule has 0 saturated carbocycles. The van der Waals surface area contributed by atoms with Gasteiger partial charge in [-0.1, -0.05) is 6.92 Å². The van der Waals surface area contributed by atoms with E-state index in [1.807, 2.05) is 13.8 Å². The number of anilines is 2. The first-order valence-electron chi connectivity index (χ1n) is 6.00. The number of hydrogen-bond acceptors (Lipinski definition) is 5. The summed E-state index contributed by atoms with van der Waals surface area (Å²) in [4.78, 5) is 0.0442. The predicted molar refractivity (Wildman–Crippen MR) is 76.5 cm³/mol. The molecule has 1 atom stereocenters. The largest absolute Gasteiger partial charge is 0.398 e. The maximum absolute atomic E-state index is 11.7. The topological polar surface area (TPSA) is 104 Å². The van der Waals surface area contributed by atoms with Crippen LogP contribution in [-0.4, -0.2) is 32.7 Å². The maximum Gasteiger partial charge on any atom is 0.242 e. The van der Waals surface area contributed by atoms with Crippen LogP contribution in [0.2, 0.25) is 0 Å². The van der Waals surface area contributed by atoms with Crippen molar-refractivity contribution in [2.24, 2.45) is 0 Å². The SMILES string of the molecule is CCC(C)(CO)Nc1ccc(S(=O)(=O)NC)c(N)c1. The average Bonchev–Trinajstić information content (AvgIpc) is 2.38. The normalized spacial score (nSPS) is 14.9. The van der Waals surface area contributed by atoms with Gasteiger partial charge >= 0.3 is 0 Å². The van der Waals surface area contributed by atoms with Crippen LogP contribution in [0, 0.1) is 0 Å². The van der Waals surface area contributed by atoms with E-state index in [1.54, 1.807) is 12.1 Å². The number of benzene rings is 1. The molecule has 19 heavy (non-hydrogen) atoms. The van der Waals surface area contributed by atoms with E-state index < -0.39 is 15.6 Å². The van der Waals surface area contributed by atoms with E-state index in [-0.39, 0.29) is 17.2 Å². The van der Waals surface area contributed by atoms with Crippen LogP contribution >= 0.6 is 0 Å². The number of nitrogens with one attached hydrogen (secondary N) is 2. The Bertz CT molecular complexity index is 539. The minimum absolute atomic E-state index is 0.0278. The summed E-state index contributed by atoms with van der Waals surface area (Å²) in [6, 6.07) is 4.62. The summed E-state index contributed by atoms with van der Waals surface area (Å²) in [5.41, 5.74) is 6.14. The summed E-state index contributed by atoms with van der Waals surface area (Å²) in [7, 11) is -2.22. The van der Waals surface area contributed by atoms with Crippen molar-refractivity contribution in [1.29, 1.82) is 0 Å². The molecule has 5 N–H and O–H groups in total. The highest BCUT2D eigenvalue weighted by Gasteiger charge is 2.21. The van der Waals surface area contributed by atoms with Crippen molar-refractivity contribution < 1.29 is 13.5 Å². The molecule has 1 rings (SSSR count). The summed E-state index contributed by atoms with van der Waals surface area (Å²) in [5.74, 6) is 0. The lowest BCUT2D eigenvalue weighted by molar-refractivity contribution is 0.219. The second-order valence-corrected chi connectivity index (χ2v) is 6.51. The van der Waals surface area contributed by atoms with Gasteiger partial charge in [0.25, 0.3) is 0 Å². The Morgan fingerprint density at radius 3 is 2.47 bits per heavy atom. The highest BCUT2D eigenvalue weighted by molar-refractivity contribution is 7.89. The first kappa shape index (κ1) is 15.7. The molecule has 0 heterocycles. The quantitative estimate of drug-likeness (QED) is 0.578. The fourth-order valence-electron chi connectivity index (χ4n) is 1.57. The van der Waals surface area contributed by atoms with Gasteiger partial charge in [-0.3, -0.25) is 0 Å². The van der Waals surface area contributed by atoms with Crippen molar-refractivity contribution >= 4 is 21.4 Å². The third kappa shape index (κ3) is 3.59. The zero-order valence-electron chi connectivity index (χ0n) is 11.4. The summed E-state index contributed by atoms with van der Waals surface area (Å²) in [5, 5.41) is 12.5. The average molecular weight is 287 g/mol. The molecule has 108 valence electrons. The van der Waals surface area contributed by atoms with Crippen LogP contribution < -0.4 is 15.8 Å². The smallest absolute Gasteiger partial charge is 0.242 e. The van der Waals surface area contributed by atoms with E-state index in [0.717, 1.165) is 6.42 Å². The predicted octanol–water partition coefficient (Wildman–Crippen LogP) is 0.750. The van der Waals surface area contributed by atoms with Gasteiger partial charge in [0.2, 0.25) is 10.0 Å². The van der Waals surface area contributed by atoms with Gasteiger partial charge in [-0.25, -0.2) is 13.1 Å². The van der Waals surface area contributed by atoms with Gasteiger partial charge in [0.05, 0.1) is 17.8 Å². The van der Waals surface area contributed by atoms with Gasteiger partial charge in [-0.05, 0) is 38.6 Å². The minimum Gasteiger partial charge on any atom is -0.398 e. The number of rotatable bonds is 6. The molecule has 0 aromatic heterocycles. The Labute approximate surface area is 114 Å². The number of nitrogen functional groups attached to an aromatic ring is 1. The minimum atomic E-state index is -3.55. The molecule has 0 fully saturated rings. The molecule has 0 aliphatic rings. The van der Waals surface area contributed by atoms with Crippen molar-refractivity contribution in [3.05, 3.63) is 18.2 Å². The monoisotopic (exact) mass is 287 g/mol. The van der Waals surface area contributed by atoms with E-state index in [9.17, 15) is 13.5 Å². The molecule has 1 unspecified atom stereocenters. The number of aliphatic hydroxyl groups excluding tert-OH is 1. The number of aliphatic hydroxyl groups is 1. The Kier molecular flexibility index (Phi) is 4.78. The Morgan fingerprint density at radius 2 is 2.05 bits per heavy atom. The van der Waals surface area contributed by atoms with Gasteiger partial charge in [-0.2, -0.15) is 0 Å². The lowest BCUT2D eigenvalue weighted by Crippen LogP contribution is -2.37. The Hall–Kier alpha value is -1.31. The van der Waals surface area contributed by atoms with Crippen LogP contribution in [0.4, 0.5) is 11.4 Å². The van der Waals surface area contributed by atoms with Crippen LogP contribution in [0.25, 0.3) is 0 Å². The van der Waals surface area contributed by atoms with Crippen LogP contribution in [0.1, 0.15) is 20.3 Å². The third-order valence-electron chi connectivity index (χ3n) is 3.14. The number of sulfonamides is 1. The molecule has 0 bridgehead atoms. The molecule has 1 aromatic rings. The molecule has 0 aliphatic carbocycles. The lowest BCUT2D eigenvalue weighted by Gasteiger charge is -2.28. The first-order valence-corrected chi connectivity index (χ1v) is 7.48. The van der Waals surface area contributed by atoms with Crippen LogP contribution in [0.5, 0.6) is 0 Å². The molecule has 6 nitrogen and oxygen atoms in total. The molecule has 7 heteroatoms. The van der Waals surface area contributed by atoms with E-state index in [1.165, 1.54) is 13.1 Å². The van der Waals surface area contributed by atoms with Crippen molar-refractivity contribution in [3.63, 3.8) is 0 Å². The van der Waals surface area contributed by atoms with Gasteiger partial charge in [0, 0.05) is 5.69 Å². The fourth-order valence-corrected chi connectivity index (χ4v) is 2.41. The molecular weight excluding hydrogens is 266 g/mol. The third-order valence-corrected chi connectivity index (χ3v) is 4.63. The molecular formula is C12H21N3O3S. The van der Waals surface area contributed by atoms with Crippen LogP contribution in [-0.2, 0) is 10.0 Å². The number of hydrogen-bond donors (Lipinski definition) is 4. The molecule has 0 radical (unpaired) electrons. The van der Waals surface area contributed by atoms with Crippen molar-refractivity contribution in [3.8, 4) is 0 Å². The highest BCUT2D eigenvalue weighted by Crippen LogP contribution is 2.25. The molecule has 0 amide bonds. The molecule has 1 aromatic carbocycles. The van der Waals surface area contributed by atoms with Crippen LogP contribution in [0.15, 0.2) is 23.1 Å². The Morgan fingerprint density at radius 1 is 1.42 bits per heavy atom. The highest BCUT2D eigenvalue weighted by atomic mass is 32.2. The van der Waals surface area contributed by atoms with Crippen molar-refractivity contribution in [2.45, 2.75) is 30.7 Å².